The minimum atomic E-state index is -0.621. The Labute approximate surface area is 125 Å². The van der Waals surface area contributed by atoms with Crippen LogP contribution in [0.4, 0.5) is 0 Å². The molecule has 0 spiro atoms. The maximum absolute atomic E-state index is 10.7. The molecule has 2 aromatic carbocycles. The van der Waals surface area contributed by atoms with Gasteiger partial charge in [0.1, 0.15) is 17.5 Å². The number of aliphatic hydroxyl groups is 1. The van der Waals surface area contributed by atoms with Crippen molar-refractivity contribution in [2.45, 2.75) is 51.5 Å². The molecule has 0 aromatic heterocycles. The van der Waals surface area contributed by atoms with Gasteiger partial charge in [-0.05, 0) is 19.2 Å². The number of fused-ring (bicyclic) bond motifs is 3. The summed E-state index contributed by atoms with van der Waals surface area (Å²) in [4.78, 5) is 0. The van der Waals surface area contributed by atoms with Gasteiger partial charge in [-0.15, -0.1) is 0 Å². The van der Waals surface area contributed by atoms with E-state index >= 15 is 0 Å². The van der Waals surface area contributed by atoms with E-state index in [2.05, 4.69) is 43.4 Å². The number of rotatable bonds is 2. The first kappa shape index (κ1) is 14.4. The van der Waals surface area contributed by atoms with Gasteiger partial charge in [0, 0.05) is 17.0 Å². The minimum Gasteiger partial charge on any atom is -0.484 e. The summed E-state index contributed by atoms with van der Waals surface area (Å²) in [5.74, 6) is 0.890. The number of hydrogen-bond acceptors (Lipinski definition) is 3. The van der Waals surface area contributed by atoms with Crippen molar-refractivity contribution in [3.05, 3.63) is 42.0 Å². The van der Waals surface area contributed by atoms with Gasteiger partial charge in [-0.3, -0.25) is 0 Å². The Morgan fingerprint density at radius 3 is 2.57 bits per heavy atom. The quantitative estimate of drug-likeness (QED) is 0.888. The predicted molar refractivity (Wildman–Crippen MR) is 85.7 cm³/mol. The van der Waals surface area contributed by atoms with Gasteiger partial charge < -0.3 is 15.2 Å². The Balaban J connectivity index is 2.20. The number of hydrogen-bond donors (Lipinski definition) is 2. The van der Waals surface area contributed by atoms with E-state index < -0.39 is 11.7 Å². The van der Waals surface area contributed by atoms with Crippen LogP contribution in [0, 0.1) is 0 Å². The first-order chi connectivity index (χ1) is 9.90. The third-order valence-corrected chi connectivity index (χ3v) is 4.15. The fourth-order valence-corrected chi connectivity index (χ4v) is 3.05. The molecule has 0 saturated heterocycles. The van der Waals surface area contributed by atoms with E-state index in [1.54, 1.807) is 0 Å². The summed E-state index contributed by atoms with van der Waals surface area (Å²) in [6.45, 7) is 8.07. The Kier molecular flexibility index (Phi) is 3.42. The second-order valence-corrected chi connectivity index (χ2v) is 6.65. The van der Waals surface area contributed by atoms with Gasteiger partial charge in [0.25, 0.3) is 0 Å². The Bertz CT molecular complexity index is 663. The summed E-state index contributed by atoms with van der Waals surface area (Å²) in [6.07, 6.45) is -0.589. The van der Waals surface area contributed by atoms with Crippen molar-refractivity contribution >= 4 is 10.8 Å². The molecule has 2 aromatic rings. The summed E-state index contributed by atoms with van der Waals surface area (Å²) < 4.78 is 6.17. The van der Waals surface area contributed by atoms with Gasteiger partial charge in [-0.1, -0.05) is 50.2 Å². The number of ether oxygens (including phenoxy) is 1. The molecule has 3 rings (SSSR count). The second kappa shape index (κ2) is 5.00. The molecular weight excluding hydrogens is 262 g/mol. The molecule has 112 valence electrons. The van der Waals surface area contributed by atoms with E-state index in [9.17, 15) is 5.11 Å². The normalized spacial score (nSPS) is 23.9. The van der Waals surface area contributed by atoms with Gasteiger partial charge in [0.2, 0.25) is 0 Å². The lowest BCUT2D eigenvalue weighted by Gasteiger charge is -2.43. The van der Waals surface area contributed by atoms with Crippen LogP contribution in [0.25, 0.3) is 10.8 Å². The summed E-state index contributed by atoms with van der Waals surface area (Å²) in [5.41, 5.74) is 0.415. The van der Waals surface area contributed by atoms with Crippen molar-refractivity contribution < 1.29 is 9.84 Å². The molecule has 21 heavy (non-hydrogen) atoms. The highest BCUT2D eigenvalue weighted by molar-refractivity contribution is 5.90. The largest absolute Gasteiger partial charge is 0.484 e. The number of aliphatic hydroxyl groups excluding tert-OH is 1. The van der Waals surface area contributed by atoms with E-state index in [0.29, 0.717) is 0 Å². The Morgan fingerprint density at radius 1 is 1.14 bits per heavy atom. The van der Waals surface area contributed by atoms with E-state index in [1.807, 2.05) is 26.0 Å². The zero-order valence-electron chi connectivity index (χ0n) is 13.1. The van der Waals surface area contributed by atoms with Gasteiger partial charge in [-0.25, -0.2) is 0 Å². The summed E-state index contributed by atoms with van der Waals surface area (Å²) in [6, 6.07) is 12.5. The average Bonchev–Trinajstić information content (AvgIpc) is 2.43. The van der Waals surface area contributed by atoms with Crippen molar-refractivity contribution in [3.63, 3.8) is 0 Å². The maximum atomic E-state index is 10.7. The molecule has 0 fully saturated rings. The average molecular weight is 285 g/mol. The van der Waals surface area contributed by atoms with Crippen LogP contribution >= 0.6 is 0 Å². The zero-order chi connectivity index (χ0) is 15.2. The van der Waals surface area contributed by atoms with E-state index in [1.165, 1.54) is 0 Å². The molecule has 0 saturated carbocycles. The minimum absolute atomic E-state index is 0.117. The lowest BCUT2D eigenvalue weighted by molar-refractivity contribution is -0.0648. The Hall–Kier alpha value is -1.58. The van der Waals surface area contributed by atoms with Crippen molar-refractivity contribution in [1.29, 1.82) is 0 Å². The molecule has 0 radical (unpaired) electrons. The predicted octanol–water partition coefficient (Wildman–Crippen LogP) is 3.41. The van der Waals surface area contributed by atoms with Crippen LogP contribution in [-0.2, 0) is 0 Å². The smallest absolute Gasteiger partial charge is 0.132 e. The van der Waals surface area contributed by atoms with E-state index in [-0.39, 0.29) is 12.1 Å². The van der Waals surface area contributed by atoms with Crippen LogP contribution in [0.3, 0.4) is 0 Å². The fourth-order valence-electron chi connectivity index (χ4n) is 3.05. The molecule has 1 aliphatic heterocycles. The highest BCUT2D eigenvalue weighted by Gasteiger charge is 2.43. The highest BCUT2D eigenvalue weighted by atomic mass is 16.5. The molecule has 1 aliphatic rings. The number of nitrogens with one attached hydrogen (secondary N) is 1. The lowest BCUT2D eigenvalue weighted by Crippen LogP contribution is -2.53. The van der Waals surface area contributed by atoms with Gasteiger partial charge in [0.05, 0.1) is 6.04 Å². The third kappa shape index (κ3) is 2.41. The Morgan fingerprint density at radius 2 is 1.86 bits per heavy atom. The topological polar surface area (TPSA) is 41.5 Å². The van der Waals surface area contributed by atoms with Crippen molar-refractivity contribution in [2.75, 3.05) is 0 Å². The molecule has 3 nitrogen and oxygen atoms in total. The maximum Gasteiger partial charge on any atom is 0.132 e. The van der Waals surface area contributed by atoms with Crippen LogP contribution in [-0.4, -0.2) is 22.9 Å². The molecule has 2 atom stereocenters. The molecule has 0 aliphatic carbocycles. The van der Waals surface area contributed by atoms with Crippen LogP contribution in [0.2, 0.25) is 0 Å². The summed E-state index contributed by atoms with van der Waals surface area (Å²) >= 11 is 0. The van der Waals surface area contributed by atoms with Crippen molar-refractivity contribution in [1.82, 2.24) is 5.32 Å². The zero-order valence-corrected chi connectivity index (χ0v) is 13.1. The SMILES string of the molecule is CC(C)NC1c2ccc3ccccc3c2OC(C)(C)C1O. The van der Waals surface area contributed by atoms with Crippen LogP contribution < -0.4 is 10.1 Å². The first-order valence-electron chi connectivity index (χ1n) is 7.55. The van der Waals surface area contributed by atoms with Gasteiger partial charge in [0.15, 0.2) is 0 Å². The first-order valence-corrected chi connectivity index (χ1v) is 7.55. The third-order valence-electron chi connectivity index (χ3n) is 4.15. The van der Waals surface area contributed by atoms with Gasteiger partial charge >= 0.3 is 0 Å². The number of benzene rings is 2. The standard InChI is InChI=1S/C18H23NO2/c1-11(2)19-15-14-10-9-12-7-5-6-8-13(12)16(14)21-18(3,4)17(15)20/h5-11,15,17,19-20H,1-4H3. The van der Waals surface area contributed by atoms with E-state index in [4.69, 9.17) is 4.74 Å². The fraction of sp³-hybridized carbons (Fsp3) is 0.444. The molecule has 3 heteroatoms. The molecule has 0 bridgehead atoms. The van der Waals surface area contributed by atoms with Gasteiger partial charge in [-0.2, -0.15) is 0 Å². The molecule has 2 N–H and O–H groups in total. The van der Waals surface area contributed by atoms with Crippen LogP contribution in [0.15, 0.2) is 36.4 Å². The second-order valence-electron chi connectivity index (χ2n) is 6.65. The molecule has 2 unspecified atom stereocenters. The van der Waals surface area contributed by atoms with Crippen LogP contribution in [0.1, 0.15) is 39.3 Å². The summed E-state index contributed by atoms with van der Waals surface area (Å²) in [5, 5.41) is 16.4. The van der Waals surface area contributed by atoms with Crippen molar-refractivity contribution in [2.24, 2.45) is 0 Å². The monoisotopic (exact) mass is 285 g/mol. The lowest BCUT2D eigenvalue weighted by atomic mass is 9.85. The van der Waals surface area contributed by atoms with Crippen LogP contribution in [0.5, 0.6) is 5.75 Å². The molecule has 0 amide bonds. The highest BCUT2D eigenvalue weighted by Crippen LogP contribution is 2.43. The van der Waals surface area contributed by atoms with E-state index in [0.717, 1.165) is 22.1 Å². The molecule has 1 heterocycles. The molecular formula is C18H23NO2. The summed E-state index contributed by atoms with van der Waals surface area (Å²) in [7, 11) is 0. The van der Waals surface area contributed by atoms with Crippen molar-refractivity contribution in [3.8, 4) is 5.75 Å².